The van der Waals surface area contributed by atoms with E-state index < -0.39 is 0 Å². The summed E-state index contributed by atoms with van der Waals surface area (Å²) < 4.78 is 0. The van der Waals surface area contributed by atoms with E-state index in [2.05, 4.69) is 36.8 Å². The van der Waals surface area contributed by atoms with Crippen LogP contribution in [0.1, 0.15) is 18.2 Å². The first-order valence-electron chi connectivity index (χ1n) is 5.42. The molecule has 3 heteroatoms. The summed E-state index contributed by atoms with van der Waals surface area (Å²) in [6.45, 7) is 6.93. The molecule has 0 aromatic carbocycles. The normalized spacial score (nSPS) is 13.1. The monoisotopic (exact) mass is 207 g/mol. The number of aromatic nitrogens is 1. The van der Waals surface area contributed by atoms with Crippen molar-refractivity contribution in [1.29, 1.82) is 0 Å². The van der Waals surface area contributed by atoms with E-state index in [1.807, 2.05) is 12.3 Å². The van der Waals surface area contributed by atoms with Crippen LogP contribution in [-0.4, -0.2) is 30.0 Å². The van der Waals surface area contributed by atoms with Crippen molar-refractivity contribution in [3.63, 3.8) is 0 Å². The van der Waals surface area contributed by atoms with E-state index in [1.54, 1.807) is 0 Å². The molecule has 84 valence electrons. The van der Waals surface area contributed by atoms with Crippen LogP contribution in [0.5, 0.6) is 0 Å². The zero-order valence-electron chi connectivity index (χ0n) is 9.90. The van der Waals surface area contributed by atoms with Crippen molar-refractivity contribution in [3.8, 4) is 0 Å². The summed E-state index contributed by atoms with van der Waals surface area (Å²) in [5.41, 5.74) is 8.01. The van der Waals surface area contributed by atoms with Crippen molar-refractivity contribution in [2.45, 2.75) is 20.4 Å². The molecule has 1 unspecified atom stereocenters. The van der Waals surface area contributed by atoms with Crippen LogP contribution >= 0.6 is 0 Å². The topological polar surface area (TPSA) is 42.2 Å². The third-order valence-electron chi connectivity index (χ3n) is 2.56. The highest BCUT2D eigenvalue weighted by Gasteiger charge is 2.07. The van der Waals surface area contributed by atoms with Gasteiger partial charge in [-0.15, -0.1) is 0 Å². The van der Waals surface area contributed by atoms with Gasteiger partial charge in [0.05, 0.1) is 5.69 Å². The summed E-state index contributed by atoms with van der Waals surface area (Å²) in [5.74, 6) is 0.541. The lowest BCUT2D eigenvalue weighted by molar-refractivity contribution is 0.278. The molecule has 1 rings (SSSR count). The van der Waals surface area contributed by atoms with Gasteiger partial charge in [-0.05, 0) is 38.1 Å². The highest BCUT2D eigenvalue weighted by atomic mass is 15.1. The van der Waals surface area contributed by atoms with Crippen LogP contribution in [-0.2, 0) is 6.54 Å². The van der Waals surface area contributed by atoms with E-state index in [9.17, 15) is 0 Å². The lowest BCUT2D eigenvalue weighted by Crippen LogP contribution is -2.28. The van der Waals surface area contributed by atoms with Crippen LogP contribution in [0, 0.1) is 12.8 Å². The minimum Gasteiger partial charge on any atom is -0.330 e. The molecule has 0 fully saturated rings. The zero-order valence-corrected chi connectivity index (χ0v) is 9.90. The third-order valence-corrected chi connectivity index (χ3v) is 2.56. The molecular weight excluding hydrogens is 186 g/mol. The maximum absolute atomic E-state index is 5.60. The first kappa shape index (κ1) is 12.1. The Morgan fingerprint density at radius 3 is 2.87 bits per heavy atom. The molecule has 1 heterocycles. The molecule has 0 saturated carbocycles. The van der Waals surface area contributed by atoms with Gasteiger partial charge in [-0.1, -0.05) is 13.0 Å². The van der Waals surface area contributed by atoms with E-state index in [1.165, 1.54) is 5.56 Å². The molecule has 0 amide bonds. The highest BCUT2D eigenvalue weighted by Crippen LogP contribution is 2.07. The molecule has 0 radical (unpaired) electrons. The number of aryl methyl sites for hydroxylation is 1. The second-order valence-electron chi connectivity index (χ2n) is 4.30. The molecule has 0 aliphatic carbocycles. The Balaban J connectivity index is 2.51. The van der Waals surface area contributed by atoms with Gasteiger partial charge in [0.2, 0.25) is 0 Å². The van der Waals surface area contributed by atoms with Gasteiger partial charge >= 0.3 is 0 Å². The third kappa shape index (κ3) is 3.98. The Kier molecular flexibility index (Phi) is 4.72. The highest BCUT2D eigenvalue weighted by molar-refractivity contribution is 5.17. The van der Waals surface area contributed by atoms with Gasteiger partial charge < -0.3 is 10.6 Å². The van der Waals surface area contributed by atoms with Gasteiger partial charge in [-0.2, -0.15) is 0 Å². The minimum absolute atomic E-state index is 0.541. The predicted molar refractivity (Wildman–Crippen MR) is 63.5 cm³/mol. The second kappa shape index (κ2) is 5.83. The summed E-state index contributed by atoms with van der Waals surface area (Å²) in [4.78, 5) is 6.65. The lowest BCUT2D eigenvalue weighted by atomic mass is 10.1. The van der Waals surface area contributed by atoms with Crippen LogP contribution in [0.15, 0.2) is 18.3 Å². The van der Waals surface area contributed by atoms with Crippen molar-refractivity contribution < 1.29 is 0 Å². The molecule has 0 saturated heterocycles. The van der Waals surface area contributed by atoms with E-state index >= 15 is 0 Å². The van der Waals surface area contributed by atoms with Crippen LogP contribution in [0.4, 0.5) is 0 Å². The van der Waals surface area contributed by atoms with Crippen LogP contribution < -0.4 is 5.73 Å². The van der Waals surface area contributed by atoms with Crippen LogP contribution in [0.2, 0.25) is 0 Å². The van der Waals surface area contributed by atoms with E-state index in [4.69, 9.17) is 5.73 Å². The van der Waals surface area contributed by atoms with E-state index in [0.717, 1.165) is 25.3 Å². The minimum atomic E-state index is 0.541. The van der Waals surface area contributed by atoms with Gasteiger partial charge in [0.25, 0.3) is 0 Å². The van der Waals surface area contributed by atoms with Crippen LogP contribution in [0.25, 0.3) is 0 Å². The molecule has 3 nitrogen and oxygen atoms in total. The van der Waals surface area contributed by atoms with Gasteiger partial charge in [-0.25, -0.2) is 0 Å². The smallest absolute Gasteiger partial charge is 0.0572 e. The molecule has 2 N–H and O–H groups in total. The number of nitrogens with two attached hydrogens (primary N) is 1. The lowest BCUT2D eigenvalue weighted by Gasteiger charge is -2.20. The van der Waals surface area contributed by atoms with Crippen molar-refractivity contribution in [1.82, 2.24) is 9.88 Å². The number of pyridine rings is 1. The van der Waals surface area contributed by atoms with Crippen molar-refractivity contribution >= 4 is 0 Å². The Morgan fingerprint density at radius 2 is 2.27 bits per heavy atom. The van der Waals surface area contributed by atoms with Crippen LogP contribution in [0.3, 0.4) is 0 Å². The maximum atomic E-state index is 5.60. The zero-order chi connectivity index (χ0) is 11.3. The fraction of sp³-hybridized carbons (Fsp3) is 0.583. The summed E-state index contributed by atoms with van der Waals surface area (Å²) in [6, 6.07) is 4.07. The second-order valence-corrected chi connectivity index (χ2v) is 4.30. The fourth-order valence-corrected chi connectivity index (χ4v) is 1.61. The molecular formula is C12H21N3. The Bertz CT molecular complexity index is 299. The quantitative estimate of drug-likeness (QED) is 0.794. The average Bonchev–Trinajstić information content (AvgIpc) is 2.21. The molecule has 15 heavy (non-hydrogen) atoms. The Labute approximate surface area is 92.3 Å². The van der Waals surface area contributed by atoms with E-state index in [-0.39, 0.29) is 0 Å². The Morgan fingerprint density at radius 1 is 1.53 bits per heavy atom. The van der Waals surface area contributed by atoms with E-state index in [0.29, 0.717) is 5.92 Å². The molecule has 0 bridgehead atoms. The average molecular weight is 207 g/mol. The Hall–Kier alpha value is -0.930. The maximum Gasteiger partial charge on any atom is 0.0572 e. The van der Waals surface area contributed by atoms with Gasteiger partial charge in [-0.3, -0.25) is 4.98 Å². The van der Waals surface area contributed by atoms with Gasteiger partial charge in [0.1, 0.15) is 0 Å². The van der Waals surface area contributed by atoms with Crippen molar-refractivity contribution in [2.24, 2.45) is 11.7 Å². The summed E-state index contributed by atoms with van der Waals surface area (Å²) >= 11 is 0. The molecule has 0 spiro atoms. The summed E-state index contributed by atoms with van der Waals surface area (Å²) in [7, 11) is 2.11. The SMILES string of the molecule is Cc1cccnc1CN(C)CC(C)CN. The number of hydrogen-bond donors (Lipinski definition) is 1. The predicted octanol–water partition coefficient (Wildman–Crippen LogP) is 1.42. The molecule has 1 aromatic rings. The fourth-order valence-electron chi connectivity index (χ4n) is 1.61. The van der Waals surface area contributed by atoms with Crippen molar-refractivity contribution in [2.75, 3.05) is 20.1 Å². The van der Waals surface area contributed by atoms with Gasteiger partial charge in [0, 0.05) is 19.3 Å². The first-order valence-corrected chi connectivity index (χ1v) is 5.42. The summed E-state index contributed by atoms with van der Waals surface area (Å²) in [6.07, 6.45) is 1.85. The number of rotatable bonds is 5. The molecule has 0 aliphatic rings. The molecule has 1 atom stereocenters. The first-order chi connectivity index (χ1) is 7.13. The largest absolute Gasteiger partial charge is 0.330 e. The summed E-state index contributed by atoms with van der Waals surface area (Å²) in [5, 5.41) is 0. The van der Waals surface area contributed by atoms with Gasteiger partial charge in [0.15, 0.2) is 0 Å². The molecule has 1 aromatic heterocycles. The standard InChI is InChI=1S/C12H21N3/c1-10(7-13)8-15(3)9-12-11(2)5-4-6-14-12/h4-6,10H,7-9,13H2,1-3H3. The number of nitrogens with zero attached hydrogens (tertiary/aromatic N) is 2. The molecule has 0 aliphatic heterocycles. The number of hydrogen-bond acceptors (Lipinski definition) is 3. The van der Waals surface area contributed by atoms with Crippen molar-refractivity contribution in [3.05, 3.63) is 29.6 Å².